The minimum absolute atomic E-state index is 0.00265. The molecule has 5 aromatic rings. The van der Waals surface area contributed by atoms with E-state index in [0.717, 1.165) is 16.0 Å². The summed E-state index contributed by atoms with van der Waals surface area (Å²) in [5.41, 5.74) is 4.85. The van der Waals surface area contributed by atoms with Crippen LogP contribution in [-0.4, -0.2) is 136 Å². The van der Waals surface area contributed by atoms with Crippen LogP contribution in [0.2, 0.25) is 0 Å². The molecule has 0 aliphatic carbocycles. The molecule has 2 aromatic heterocycles. The number of ether oxygens (including phenoxy) is 4. The van der Waals surface area contributed by atoms with Crippen LogP contribution < -0.4 is 46.3 Å². The summed E-state index contributed by atoms with van der Waals surface area (Å²) in [6, 6.07) is 16.8. The first-order valence-corrected chi connectivity index (χ1v) is 26.8. The highest BCUT2D eigenvalue weighted by Crippen LogP contribution is 2.42. The van der Waals surface area contributed by atoms with Gasteiger partial charge in [-0.15, -0.1) is 0 Å². The van der Waals surface area contributed by atoms with Gasteiger partial charge in [0.15, 0.2) is 17.7 Å². The van der Waals surface area contributed by atoms with Crippen LogP contribution in [0.1, 0.15) is 83.4 Å². The summed E-state index contributed by atoms with van der Waals surface area (Å²) in [7, 11) is 4.83. The number of nitrogens with one attached hydrogen (secondary N) is 6. The van der Waals surface area contributed by atoms with Crippen molar-refractivity contribution in [2.75, 3.05) is 60.9 Å². The Balaban J connectivity index is 0.937. The molecule has 0 radical (unpaired) electrons. The van der Waals surface area contributed by atoms with E-state index >= 15 is 0 Å². The second-order valence-electron chi connectivity index (χ2n) is 20.3. The Bertz CT molecular complexity index is 3240. The van der Waals surface area contributed by atoms with E-state index in [2.05, 4.69) is 45.1 Å². The lowest BCUT2D eigenvalue weighted by molar-refractivity contribution is -0.128. The zero-order chi connectivity index (χ0) is 60.1. The van der Waals surface area contributed by atoms with Gasteiger partial charge in [-0.2, -0.15) is 0 Å². The van der Waals surface area contributed by atoms with Crippen molar-refractivity contribution in [1.29, 1.82) is 0 Å². The molecule has 3 aromatic carbocycles. The molecule has 0 saturated carbocycles. The molecule has 7 rings (SSSR count). The number of aliphatic hydroxyl groups excluding tert-OH is 2. The number of amides is 8. The van der Waals surface area contributed by atoms with Crippen molar-refractivity contribution in [3.05, 3.63) is 133 Å². The molecular weight excluding hydrogens is 1070 g/mol. The van der Waals surface area contributed by atoms with Gasteiger partial charge in [-0.05, 0) is 85.7 Å². The van der Waals surface area contributed by atoms with Crippen molar-refractivity contribution in [2.45, 2.75) is 77.4 Å². The average Bonchev–Trinajstić information content (AvgIpc) is 2.71. The first-order chi connectivity index (χ1) is 39.7. The lowest BCUT2D eigenvalue weighted by atomic mass is 10.0. The van der Waals surface area contributed by atoms with Gasteiger partial charge in [-0.1, -0.05) is 62.9 Å². The minimum atomic E-state index is -1.58. The van der Waals surface area contributed by atoms with Gasteiger partial charge in [-0.25, -0.2) is 14.5 Å². The monoisotopic (exact) mass is 1140 g/mol. The molecule has 4 atom stereocenters. The number of hydrogen-bond acceptors (Lipinski definition) is 14. The number of methoxy groups -OCH3 is 1. The molecule has 2 aliphatic rings. The third kappa shape index (κ3) is 15.3. The summed E-state index contributed by atoms with van der Waals surface area (Å²) in [6.07, 6.45) is 2.33. The van der Waals surface area contributed by atoms with Crippen molar-refractivity contribution in [2.24, 2.45) is 20.0 Å². The number of carbonyl (C=O) groups excluding carboxylic acids is 8. The number of rotatable bonds is 24. The van der Waals surface area contributed by atoms with E-state index in [9.17, 15) is 43.5 Å². The lowest BCUT2D eigenvalue weighted by Gasteiger charge is -2.31. The second-order valence-corrected chi connectivity index (χ2v) is 20.3. The van der Waals surface area contributed by atoms with Gasteiger partial charge in [0.25, 0.3) is 17.7 Å². The van der Waals surface area contributed by atoms with Crippen molar-refractivity contribution in [3.8, 4) is 22.6 Å². The SMILES string of the molecule is C=CCOC(=O)NC(C(=O)NC(C)C(=O)Nc1ccc(COC(=O)N2c3cc(OCCCC(=O)Nc4cc(C(=O)Nc5ccc(-c6cc(C(=O)NCCCO)n(C)c6)cc5)n(C)c4)c(OC)cc3C(=O)N3CC(=C)C[C@H]3[C@@H]2O)cc1)C(C)C. The highest BCUT2D eigenvalue weighted by Gasteiger charge is 2.46. The summed E-state index contributed by atoms with van der Waals surface area (Å²) in [4.78, 5) is 108. The number of aliphatic hydroxyl groups is 2. The number of anilines is 4. The Hall–Kier alpha value is -9.42. The number of fused-ring (bicyclic) bond motifs is 2. The van der Waals surface area contributed by atoms with Crippen molar-refractivity contribution in [1.82, 2.24) is 30.0 Å². The fourth-order valence-electron chi connectivity index (χ4n) is 9.30. The molecule has 1 saturated heterocycles. The first kappa shape index (κ1) is 61.2. The maximum Gasteiger partial charge on any atom is 0.416 e. The van der Waals surface area contributed by atoms with Crippen molar-refractivity contribution >= 4 is 70.4 Å². The molecular formula is C59H70N10O14. The van der Waals surface area contributed by atoms with Gasteiger partial charge in [0.1, 0.15) is 36.7 Å². The number of hydrogen-bond donors (Lipinski definition) is 8. The van der Waals surface area contributed by atoms with E-state index in [1.54, 1.807) is 91.8 Å². The van der Waals surface area contributed by atoms with Gasteiger partial charge in [0, 0.05) is 75.6 Å². The predicted molar refractivity (Wildman–Crippen MR) is 308 cm³/mol. The Morgan fingerprint density at radius 2 is 1.47 bits per heavy atom. The van der Waals surface area contributed by atoms with Crippen LogP contribution in [0.3, 0.4) is 0 Å². The van der Waals surface area contributed by atoms with Crippen molar-refractivity contribution in [3.63, 3.8) is 0 Å². The highest BCUT2D eigenvalue weighted by atomic mass is 16.6. The van der Waals surface area contributed by atoms with Gasteiger partial charge in [0.05, 0.1) is 36.7 Å². The standard InChI is InChI=1S/C59H70N10O14/c1-9-23-82-58(78)65-51(34(2)3)55(75)61-36(5)52(72)63-40-17-13-37(14-18-40)33-83-59(79)69-44-29-49(48(80-8)28-43(44)56(76)68-30-35(4)25-47(68)57(69)77)81-24-10-12-50(71)62-42-27-46(67(7)32-42)54(74)64-41-19-15-38(16-20-41)39-26-45(66(6)31-39)53(73)60-21-11-22-70/h9,13-20,26-29,31-32,34,36,47,51,57,70,77H,1,4,10-12,21-25,30,33H2,2-3,5-8H3,(H,60,73)(H,61,75)(H,62,71)(H,63,72)(H,64,74)(H,65,78)/t36?,47-,51?,57-/m0/s1. The number of carbonyl (C=O) groups is 8. The lowest BCUT2D eigenvalue weighted by Crippen LogP contribution is -2.53. The van der Waals surface area contributed by atoms with E-state index in [1.807, 2.05) is 18.3 Å². The number of nitrogens with zero attached hydrogens (tertiary/aromatic N) is 4. The number of benzene rings is 3. The van der Waals surface area contributed by atoms with E-state index in [-0.39, 0.29) is 98.4 Å². The molecule has 8 N–H and O–H groups in total. The Labute approximate surface area is 479 Å². The third-order valence-electron chi connectivity index (χ3n) is 13.7. The number of alkyl carbamates (subject to hydrolysis) is 1. The van der Waals surface area contributed by atoms with E-state index < -0.39 is 60.2 Å². The van der Waals surface area contributed by atoms with E-state index in [4.69, 9.17) is 24.1 Å². The third-order valence-corrected chi connectivity index (χ3v) is 13.7. The summed E-state index contributed by atoms with van der Waals surface area (Å²) in [6.45, 7) is 12.6. The fraction of sp³-hybridized carbons (Fsp3) is 0.356. The molecule has 8 amide bonds. The largest absolute Gasteiger partial charge is 0.493 e. The second kappa shape index (κ2) is 27.8. The predicted octanol–water partition coefficient (Wildman–Crippen LogP) is 5.83. The zero-order valence-electron chi connectivity index (χ0n) is 47.1. The van der Waals surface area contributed by atoms with Crippen LogP contribution in [-0.2, 0) is 44.6 Å². The molecule has 4 heterocycles. The zero-order valence-corrected chi connectivity index (χ0v) is 47.1. The minimum Gasteiger partial charge on any atom is -0.493 e. The van der Waals surface area contributed by atoms with Gasteiger partial charge < -0.3 is 75.1 Å². The van der Waals surface area contributed by atoms with Crippen LogP contribution in [0.25, 0.3) is 11.1 Å². The van der Waals surface area contributed by atoms with Gasteiger partial charge in [-0.3, -0.25) is 28.8 Å². The number of aryl methyl sites for hydroxylation is 2. The molecule has 0 spiro atoms. The molecule has 2 aliphatic heterocycles. The Morgan fingerprint density at radius 1 is 0.783 bits per heavy atom. The van der Waals surface area contributed by atoms with E-state index in [0.29, 0.717) is 46.9 Å². The first-order valence-electron chi connectivity index (χ1n) is 26.8. The quantitative estimate of drug-likeness (QED) is 0.0267. The van der Waals surface area contributed by atoms with Crippen LogP contribution in [0, 0.1) is 5.92 Å². The smallest absolute Gasteiger partial charge is 0.416 e. The summed E-state index contributed by atoms with van der Waals surface area (Å²) >= 11 is 0. The van der Waals surface area contributed by atoms with E-state index in [1.165, 1.54) is 37.1 Å². The maximum atomic E-state index is 14.2. The summed E-state index contributed by atoms with van der Waals surface area (Å²) in [5, 5.41) is 37.2. The summed E-state index contributed by atoms with van der Waals surface area (Å²) in [5.74, 6) is -2.71. The molecule has 24 heteroatoms. The van der Waals surface area contributed by atoms with Gasteiger partial charge in [0.2, 0.25) is 17.7 Å². The molecule has 440 valence electrons. The Morgan fingerprint density at radius 3 is 2.16 bits per heavy atom. The molecule has 24 nitrogen and oxygen atoms in total. The summed E-state index contributed by atoms with van der Waals surface area (Å²) < 4.78 is 25.7. The highest BCUT2D eigenvalue weighted by molar-refractivity contribution is 6.07. The van der Waals surface area contributed by atoms with Crippen molar-refractivity contribution < 1.29 is 67.5 Å². The van der Waals surface area contributed by atoms with Crippen LogP contribution in [0.4, 0.5) is 32.3 Å². The molecule has 83 heavy (non-hydrogen) atoms. The fourth-order valence-corrected chi connectivity index (χ4v) is 9.30. The normalized spacial score (nSPS) is 15.2. The molecule has 1 fully saturated rings. The van der Waals surface area contributed by atoms with Crippen LogP contribution in [0.5, 0.6) is 11.5 Å². The average molecular weight is 1140 g/mol. The number of aromatic nitrogens is 2. The van der Waals surface area contributed by atoms with Crippen LogP contribution in [0.15, 0.2) is 110 Å². The maximum absolute atomic E-state index is 14.2. The van der Waals surface area contributed by atoms with Gasteiger partial charge >= 0.3 is 12.2 Å². The van der Waals surface area contributed by atoms with Crippen LogP contribution >= 0.6 is 0 Å². The topological polar surface area (TPSA) is 302 Å². The molecule has 0 bridgehead atoms. The molecule has 2 unspecified atom stereocenters. The Kier molecular flexibility index (Phi) is 20.5.